The summed E-state index contributed by atoms with van der Waals surface area (Å²) in [5, 5.41) is 4.51. The third kappa shape index (κ3) is 3.13. The SMILES string of the molecule is COCCC#Cc1ccc2c(c1)c(F)nn2C1CCCCO1. The molecule has 0 aliphatic carbocycles. The first-order valence-electron chi connectivity index (χ1n) is 7.57. The van der Waals surface area contributed by atoms with Crippen molar-refractivity contribution < 1.29 is 13.9 Å². The molecule has 1 aliphatic heterocycles. The van der Waals surface area contributed by atoms with Gasteiger partial charge in [-0.2, -0.15) is 4.39 Å². The summed E-state index contributed by atoms with van der Waals surface area (Å²) in [6.07, 6.45) is 3.50. The number of halogens is 1. The Hall–Kier alpha value is -1.90. The Labute approximate surface area is 129 Å². The molecule has 22 heavy (non-hydrogen) atoms. The van der Waals surface area contributed by atoms with Crippen molar-refractivity contribution in [1.82, 2.24) is 9.78 Å². The van der Waals surface area contributed by atoms with Crippen LogP contribution >= 0.6 is 0 Å². The molecule has 1 fully saturated rings. The zero-order chi connectivity index (χ0) is 15.4. The van der Waals surface area contributed by atoms with Crippen molar-refractivity contribution in [2.75, 3.05) is 20.3 Å². The van der Waals surface area contributed by atoms with Gasteiger partial charge in [-0.1, -0.05) is 11.8 Å². The highest BCUT2D eigenvalue weighted by Gasteiger charge is 2.21. The monoisotopic (exact) mass is 302 g/mol. The average molecular weight is 302 g/mol. The summed E-state index contributed by atoms with van der Waals surface area (Å²) in [5.41, 5.74) is 1.54. The van der Waals surface area contributed by atoms with Gasteiger partial charge in [0.05, 0.1) is 17.5 Å². The molecule has 5 heteroatoms. The van der Waals surface area contributed by atoms with Crippen molar-refractivity contribution in [3.05, 3.63) is 29.7 Å². The summed E-state index contributed by atoms with van der Waals surface area (Å²) in [7, 11) is 1.64. The number of nitrogens with zero attached hydrogens (tertiary/aromatic N) is 2. The fraction of sp³-hybridized carbons (Fsp3) is 0.471. The summed E-state index contributed by atoms with van der Waals surface area (Å²) in [6.45, 7) is 1.30. The molecule has 116 valence electrons. The zero-order valence-corrected chi connectivity index (χ0v) is 12.6. The second kappa shape index (κ2) is 6.91. The molecule has 1 unspecified atom stereocenters. The molecule has 1 atom stereocenters. The van der Waals surface area contributed by atoms with Crippen LogP contribution in [0.4, 0.5) is 4.39 Å². The number of methoxy groups -OCH3 is 1. The number of fused-ring (bicyclic) bond motifs is 1. The molecule has 4 nitrogen and oxygen atoms in total. The lowest BCUT2D eigenvalue weighted by atomic mass is 10.1. The van der Waals surface area contributed by atoms with E-state index in [9.17, 15) is 4.39 Å². The van der Waals surface area contributed by atoms with Crippen molar-refractivity contribution in [1.29, 1.82) is 0 Å². The Balaban J connectivity index is 1.89. The van der Waals surface area contributed by atoms with Gasteiger partial charge < -0.3 is 9.47 Å². The summed E-state index contributed by atoms with van der Waals surface area (Å²) in [4.78, 5) is 0. The van der Waals surface area contributed by atoms with Crippen LogP contribution in [0.25, 0.3) is 10.9 Å². The highest BCUT2D eigenvalue weighted by atomic mass is 19.1. The van der Waals surface area contributed by atoms with E-state index < -0.39 is 5.95 Å². The molecular formula is C17H19FN2O2. The minimum absolute atomic E-state index is 0.167. The van der Waals surface area contributed by atoms with Gasteiger partial charge in [0, 0.05) is 25.7 Å². The van der Waals surface area contributed by atoms with Gasteiger partial charge in [-0.25, -0.2) is 4.68 Å². The molecule has 0 N–H and O–H groups in total. The van der Waals surface area contributed by atoms with E-state index in [2.05, 4.69) is 16.9 Å². The number of benzene rings is 1. The van der Waals surface area contributed by atoms with Crippen LogP contribution < -0.4 is 0 Å². The van der Waals surface area contributed by atoms with Gasteiger partial charge in [-0.3, -0.25) is 0 Å². The normalized spacial score (nSPS) is 18.2. The van der Waals surface area contributed by atoms with Gasteiger partial charge in [0.2, 0.25) is 5.95 Å². The third-order valence-electron chi connectivity index (χ3n) is 3.75. The molecule has 3 rings (SSSR count). The number of hydrogen-bond acceptors (Lipinski definition) is 3. The third-order valence-corrected chi connectivity index (χ3v) is 3.75. The molecule has 0 amide bonds. The Kier molecular flexibility index (Phi) is 4.71. The van der Waals surface area contributed by atoms with E-state index in [1.54, 1.807) is 17.9 Å². The number of ether oxygens (including phenoxy) is 2. The Morgan fingerprint density at radius 2 is 2.36 bits per heavy atom. The zero-order valence-electron chi connectivity index (χ0n) is 12.6. The fourth-order valence-corrected chi connectivity index (χ4v) is 2.63. The predicted octanol–water partition coefficient (Wildman–Crippen LogP) is 3.26. The topological polar surface area (TPSA) is 36.3 Å². The van der Waals surface area contributed by atoms with E-state index in [1.165, 1.54) is 0 Å². The highest BCUT2D eigenvalue weighted by Crippen LogP contribution is 2.28. The lowest BCUT2D eigenvalue weighted by Crippen LogP contribution is -2.19. The molecule has 1 aromatic carbocycles. The minimum Gasteiger partial charge on any atom is -0.384 e. The first-order valence-corrected chi connectivity index (χ1v) is 7.57. The van der Waals surface area contributed by atoms with Crippen LogP contribution in [-0.4, -0.2) is 30.1 Å². The molecule has 0 saturated carbocycles. The lowest BCUT2D eigenvalue weighted by molar-refractivity contribution is -0.0375. The number of aromatic nitrogens is 2. The Morgan fingerprint density at radius 1 is 1.45 bits per heavy atom. The van der Waals surface area contributed by atoms with Crippen LogP contribution in [-0.2, 0) is 9.47 Å². The molecular weight excluding hydrogens is 283 g/mol. The average Bonchev–Trinajstić information content (AvgIpc) is 2.89. The van der Waals surface area contributed by atoms with E-state index in [0.29, 0.717) is 25.0 Å². The standard InChI is InChI=1S/C17H19FN2O2/c1-21-10-4-2-6-13-8-9-15-14(12-13)17(18)19-20(15)16-7-3-5-11-22-16/h8-9,12,16H,3-5,7,10-11H2,1H3. The molecule has 1 aromatic heterocycles. The fourth-order valence-electron chi connectivity index (χ4n) is 2.63. The van der Waals surface area contributed by atoms with Crippen LogP contribution in [0.15, 0.2) is 18.2 Å². The lowest BCUT2D eigenvalue weighted by Gasteiger charge is -2.23. The molecule has 0 spiro atoms. The van der Waals surface area contributed by atoms with Gasteiger partial charge in [0.1, 0.15) is 0 Å². The van der Waals surface area contributed by atoms with Crippen molar-refractivity contribution in [3.63, 3.8) is 0 Å². The largest absolute Gasteiger partial charge is 0.384 e. The summed E-state index contributed by atoms with van der Waals surface area (Å²) < 4.78 is 26.4. The van der Waals surface area contributed by atoms with Gasteiger partial charge in [-0.15, -0.1) is 5.10 Å². The van der Waals surface area contributed by atoms with Gasteiger partial charge in [0.15, 0.2) is 6.23 Å². The molecule has 0 bridgehead atoms. The summed E-state index contributed by atoms with van der Waals surface area (Å²) >= 11 is 0. The summed E-state index contributed by atoms with van der Waals surface area (Å²) in [6, 6.07) is 5.50. The van der Waals surface area contributed by atoms with Crippen LogP contribution in [0, 0.1) is 17.8 Å². The smallest absolute Gasteiger partial charge is 0.240 e. The van der Waals surface area contributed by atoms with Crippen LogP contribution in [0.1, 0.15) is 37.5 Å². The minimum atomic E-state index is -0.468. The summed E-state index contributed by atoms with van der Waals surface area (Å²) in [5.74, 6) is 5.56. The predicted molar refractivity (Wildman–Crippen MR) is 81.9 cm³/mol. The first kappa shape index (κ1) is 15.0. The van der Waals surface area contributed by atoms with Crippen molar-refractivity contribution in [2.45, 2.75) is 31.9 Å². The van der Waals surface area contributed by atoms with E-state index in [0.717, 1.165) is 30.3 Å². The molecule has 1 aliphatic rings. The first-order chi connectivity index (χ1) is 10.8. The Bertz CT molecular complexity index is 708. The van der Waals surface area contributed by atoms with E-state index in [1.807, 2.05) is 12.1 Å². The number of rotatable bonds is 3. The Morgan fingerprint density at radius 3 is 3.14 bits per heavy atom. The molecule has 2 aromatic rings. The van der Waals surface area contributed by atoms with Crippen molar-refractivity contribution >= 4 is 10.9 Å². The molecule has 0 radical (unpaired) electrons. The maximum absolute atomic E-state index is 14.1. The quantitative estimate of drug-likeness (QED) is 0.645. The van der Waals surface area contributed by atoms with Crippen LogP contribution in [0.3, 0.4) is 0 Å². The van der Waals surface area contributed by atoms with E-state index in [-0.39, 0.29) is 6.23 Å². The highest BCUT2D eigenvalue weighted by molar-refractivity contribution is 5.81. The van der Waals surface area contributed by atoms with Crippen LogP contribution in [0.2, 0.25) is 0 Å². The van der Waals surface area contributed by atoms with Gasteiger partial charge >= 0.3 is 0 Å². The molecule has 2 heterocycles. The maximum Gasteiger partial charge on any atom is 0.240 e. The second-order valence-electron chi connectivity index (χ2n) is 5.33. The van der Waals surface area contributed by atoms with Crippen molar-refractivity contribution in [3.8, 4) is 11.8 Å². The number of hydrogen-bond donors (Lipinski definition) is 0. The van der Waals surface area contributed by atoms with E-state index in [4.69, 9.17) is 9.47 Å². The second-order valence-corrected chi connectivity index (χ2v) is 5.33. The maximum atomic E-state index is 14.1. The van der Waals surface area contributed by atoms with E-state index >= 15 is 0 Å². The molecule has 1 saturated heterocycles. The van der Waals surface area contributed by atoms with Gasteiger partial charge in [-0.05, 0) is 37.5 Å². The van der Waals surface area contributed by atoms with Crippen molar-refractivity contribution in [2.24, 2.45) is 0 Å². The van der Waals surface area contributed by atoms with Crippen LogP contribution in [0.5, 0.6) is 0 Å². The van der Waals surface area contributed by atoms with Gasteiger partial charge in [0.25, 0.3) is 0 Å².